The minimum atomic E-state index is -0.532. The molecule has 0 bridgehead atoms. The molecule has 11 heavy (non-hydrogen) atoms. The first-order valence-corrected chi connectivity index (χ1v) is 3.44. The smallest absolute Gasteiger partial charge is 0.0781 e. The third-order valence-electron chi connectivity index (χ3n) is 1.56. The van der Waals surface area contributed by atoms with Crippen LogP contribution in [0.3, 0.4) is 0 Å². The quantitative estimate of drug-likeness (QED) is 0.523. The molecular formula is C8H12N2O. The zero-order chi connectivity index (χ0) is 8.43. The Morgan fingerprint density at radius 1 is 1.36 bits per heavy atom. The van der Waals surface area contributed by atoms with E-state index in [-0.39, 0.29) is 0 Å². The maximum Gasteiger partial charge on any atom is 0.0781 e. The van der Waals surface area contributed by atoms with Gasteiger partial charge < -0.3 is 16.6 Å². The third-order valence-corrected chi connectivity index (χ3v) is 1.56. The molecule has 0 spiro atoms. The highest BCUT2D eigenvalue weighted by molar-refractivity contribution is 5.57. The van der Waals surface area contributed by atoms with E-state index < -0.39 is 6.10 Å². The predicted octanol–water partition coefficient (Wildman–Crippen LogP) is 0.904. The van der Waals surface area contributed by atoms with Gasteiger partial charge in [0, 0.05) is 16.9 Å². The van der Waals surface area contributed by atoms with Crippen molar-refractivity contribution < 1.29 is 5.11 Å². The van der Waals surface area contributed by atoms with E-state index in [0.29, 0.717) is 11.4 Å². The zero-order valence-electron chi connectivity index (χ0n) is 6.41. The van der Waals surface area contributed by atoms with Gasteiger partial charge in [0.2, 0.25) is 0 Å². The summed E-state index contributed by atoms with van der Waals surface area (Å²) in [6, 6.07) is 5.09. The number of benzene rings is 1. The number of hydrogen-bond acceptors (Lipinski definition) is 3. The lowest BCUT2D eigenvalue weighted by Gasteiger charge is -2.08. The van der Waals surface area contributed by atoms with Gasteiger partial charge in [0.1, 0.15) is 0 Å². The van der Waals surface area contributed by atoms with Crippen molar-refractivity contribution in [3.05, 3.63) is 23.8 Å². The largest absolute Gasteiger partial charge is 0.399 e. The van der Waals surface area contributed by atoms with Crippen molar-refractivity contribution in [2.24, 2.45) is 0 Å². The molecule has 3 nitrogen and oxygen atoms in total. The third kappa shape index (κ3) is 1.62. The van der Waals surface area contributed by atoms with Crippen molar-refractivity contribution in [2.75, 3.05) is 11.5 Å². The average Bonchev–Trinajstić information content (AvgIpc) is 1.85. The zero-order valence-corrected chi connectivity index (χ0v) is 6.41. The number of aliphatic hydroxyl groups is 1. The second-order valence-electron chi connectivity index (χ2n) is 2.56. The van der Waals surface area contributed by atoms with Crippen molar-refractivity contribution in [3.8, 4) is 0 Å². The van der Waals surface area contributed by atoms with E-state index in [9.17, 15) is 5.11 Å². The van der Waals surface area contributed by atoms with Gasteiger partial charge in [-0.25, -0.2) is 0 Å². The lowest BCUT2D eigenvalue weighted by molar-refractivity contribution is 0.200. The van der Waals surface area contributed by atoms with E-state index in [4.69, 9.17) is 11.5 Å². The van der Waals surface area contributed by atoms with Gasteiger partial charge >= 0.3 is 0 Å². The van der Waals surface area contributed by atoms with Crippen LogP contribution < -0.4 is 11.5 Å². The molecule has 1 rings (SSSR count). The van der Waals surface area contributed by atoms with Crippen molar-refractivity contribution in [2.45, 2.75) is 13.0 Å². The Kier molecular flexibility index (Phi) is 2.01. The van der Waals surface area contributed by atoms with Gasteiger partial charge in [0.25, 0.3) is 0 Å². The first-order valence-electron chi connectivity index (χ1n) is 3.44. The topological polar surface area (TPSA) is 72.3 Å². The fourth-order valence-electron chi connectivity index (χ4n) is 0.974. The van der Waals surface area contributed by atoms with Crippen molar-refractivity contribution >= 4 is 11.4 Å². The van der Waals surface area contributed by atoms with Gasteiger partial charge in [-0.3, -0.25) is 0 Å². The van der Waals surface area contributed by atoms with Crippen LogP contribution in [0.25, 0.3) is 0 Å². The summed E-state index contributed by atoms with van der Waals surface area (Å²) in [5, 5.41) is 9.17. The summed E-state index contributed by atoms with van der Waals surface area (Å²) in [4.78, 5) is 0. The van der Waals surface area contributed by atoms with Gasteiger partial charge in [-0.15, -0.1) is 0 Å². The minimum absolute atomic E-state index is 0.532. The van der Waals surface area contributed by atoms with Crippen LogP contribution in [-0.2, 0) is 0 Å². The molecule has 0 fully saturated rings. The van der Waals surface area contributed by atoms with E-state index >= 15 is 0 Å². The highest BCUT2D eigenvalue weighted by Gasteiger charge is 2.04. The van der Waals surface area contributed by atoms with Gasteiger partial charge in [-0.2, -0.15) is 0 Å². The van der Waals surface area contributed by atoms with Crippen LogP contribution in [0.2, 0.25) is 0 Å². The molecule has 0 aliphatic heterocycles. The molecule has 5 N–H and O–H groups in total. The van der Waals surface area contributed by atoms with Gasteiger partial charge in [-0.1, -0.05) is 6.07 Å². The van der Waals surface area contributed by atoms with Gasteiger partial charge in [-0.05, 0) is 19.1 Å². The Balaban J connectivity index is 3.09. The van der Waals surface area contributed by atoms with Crippen LogP contribution in [0.4, 0.5) is 11.4 Å². The maximum absolute atomic E-state index is 9.17. The van der Waals surface area contributed by atoms with Crippen molar-refractivity contribution in [1.82, 2.24) is 0 Å². The fourth-order valence-corrected chi connectivity index (χ4v) is 0.974. The highest BCUT2D eigenvalue weighted by Crippen LogP contribution is 2.21. The fraction of sp³-hybridized carbons (Fsp3) is 0.250. The first kappa shape index (κ1) is 7.88. The van der Waals surface area contributed by atoms with Crippen LogP contribution in [-0.4, -0.2) is 5.11 Å². The number of hydrogen-bond donors (Lipinski definition) is 3. The summed E-state index contributed by atoms with van der Waals surface area (Å²) >= 11 is 0. The van der Waals surface area contributed by atoms with E-state index in [0.717, 1.165) is 5.56 Å². The molecule has 0 heterocycles. The highest BCUT2D eigenvalue weighted by atomic mass is 16.3. The molecule has 0 aliphatic rings. The van der Waals surface area contributed by atoms with Crippen LogP contribution in [0.15, 0.2) is 18.2 Å². The first-order chi connectivity index (χ1) is 5.11. The monoisotopic (exact) mass is 152 g/mol. The summed E-state index contributed by atoms with van der Waals surface area (Å²) in [6.45, 7) is 1.67. The molecule has 60 valence electrons. The van der Waals surface area contributed by atoms with E-state index in [1.165, 1.54) is 0 Å². The second kappa shape index (κ2) is 2.80. The number of rotatable bonds is 1. The summed E-state index contributed by atoms with van der Waals surface area (Å²) < 4.78 is 0. The molecule has 0 amide bonds. The number of anilines is 2. The Morgan fingerprint density at radius 2 is 2.00 bits per heavy atom. The number of nitrogen functional groups attached to an aromatic ring is 2. The SMILES string of the molecule is CC(O)c1ccc(N)cc1N. The lowest BCUT2D eigenvalue weighted by atomic mass is 10.1. The van der Waals surface area contributed by atoms with Crippen molar-refractivity contribution in [3.63, 3.8) is 0 Å². The molecule has 1 unspecified atom stereocenters. The second-order valence-corrected chi connectivity index (χ2v) is 2.56. The number of nitrogens with two attached hydrogens (primary N) is 2. The Bertz CT molecular complexity index is 258. The molecular weight excluding hydrogens is 140 g/mol. The Morgan fingerprint density at radius 3 is 2.45 bits per heavy atom. The molecule has 1 aromatic rings. The molecule has 0 aliphatic carbocycles. The van der Waals surface area contributed by atoms with Gasteiger partial charge in [0.05, 0.1) is 6.10 Å². The molecule has 1 aromatic carbocycles. The van der Waals surface area contributed by atoms with E-state index in [2.05, 4.69) is 0 Å². The summed E-state index contributed by atoms with van der Waals surface area (Å²) in [5.74, 6) is 0. The van der Waals surface area contributed by atoms with Crippen LogP contribution >= 0.6 is 0 Å². The van der Waals surface area contributed by atoms with Gasteiger partial charge in [0.15, 0.2) is 0 Å². The van der Waals surface area contributed by atoms with Crippen LogP contribution in [0, 0.1) is 0 Å². The molecule has 0 aromatic heterocycles. The van der Waals surface area contributed by atoms with E-state index in [1.807, 2.05) is 0 Å². The predicted molar refractivity (Wildman–Crippen MR) is 45.9 cm³/mol. The number of aliphatic hydroxyl groups excluding tert-OH is 1. The summed E-state index contributed by atoms with van der Waals surface area (Å²) in [7, 11) is 0. The molecule has 3 heteroatoms. The molecule has 0 saturated heterocycles. The van der Waals surface area contributed by atoms with E-state index in [1.54, 1.807) is 25.1 Å². The molecule has 0 saturated carbocycles. The Hall–Kier alpha value is -1.22. The van der Waals surface area contributed by atoms with Crippen molar-refractivity contribution in [1.29, 1.82) is 0 Å². The summed E-state index contributed by atoms with van der Waals surface area (Å²) in [5.41, 5.74) is 12.9. The van der Waals surface area contributed by atoms with Crippen LogP contribution in [0.5, 0.6) is 0 Å². The molecule has 0 radical (unpaired) electrons. The maximum atomic E-state index is 9.17. The average molecular weight is 152 g/mol. The lowest BCUT2D eigenvalue weighted by Crippen LogP contribution is -1.99. The minimum Gasteiger partial charge on any atom is -0.399 e. The Labute approximate surface area is 65.6 Å². The summed E-state index contributed by atoms with van der Waals surface area (Å²) in [6.07, 6.45) is -0.532. The van der Waals surface area contributed by atoms with Crippen LogP contribution in [0.1, 0.15) is 18.6 Å². The molecule has 1 atom stereocenters. The standard InChI is InChI=1S/C8H12N2O/c1-5(11)7-3-2-6(9)4-8(7)10/h2-5,11H,9-10H2,1H3. The normalized spacial score (nSPS) is 12.9.